The number of nitrogens with zero attached hydrogens (tertiary/aromatic N) is 3. The lowest BCUT2D eigenvalue weighted by Crippen LogP contribution is -2.00. The van der Waals surface area contributed by atoms with Crippen molar-refractivity contribution in [1.82, 2.24) is 14.9 Å². The Labute approximate surface area is 150 Å². The molecule has 3 aromatic rings. The zero-order valence-electron chi connectivity index (χ0n) is 12.3. The molecule has 0 unspecified atom stereocenters. The van der Waals surface area contributed by atoms with Gasteiger partial charge in [-0.25, -0.2) is 4.39 Å². The monoisotopic (exact) mass is 406 g/mol. The summed E-state index contributed by atoms with van der Waals surface area (Å²) in [5, 5.41) is 21.0. The third-order valence-corrected chi connectivity index (χ3v) is 4.05. The first kappa shape index (κ1) is 16.5. The highest BCUT2D eigenvalue weighted by molar-refractivity contribution is 9.10. The molecule has 1 heterocycles. The summed E-state index contributed by atoms with van der Waals surface area (Å²) in [6.07, 6.45) is 1.94. The number of halogens is 2. The Balaban J connectivity index is 1.90. The number of aromatic amines is 1. The van der Waals surface area contributed by atoms with Crippen molar-refractivity contribution in [2.24, 2.45) is 5.10 Å². The smallest absolute Gasteiger partial charge is 0.216 e. The van der Waals surface area contributed by atoms with Crippen LogP contribution in [0.2, 0.25) is 0 Å². The lowest BCUT2D eigenvalue weighted by Gasteiger charge is -2.02. The van der Waals surface area contributed by atoms with Crippen LogP contribution in [0.15, 0.2) is 52.0 Å². The number of aromatic nitrogens is 3. The van der Waals surface area contributed by atoms with Crippen molar-refractivity contribution in [2.45, 2.75) is 6.42 Å². The zero-order valence-corrected chi connectivity index (χ0v) is 14.7. The topological polar surface area (TPSA) is 66.2 Å². The van der Waals surface area contributed by atoms with E-state index in [1.165, 1.54) is 23.0 Å². The molecule has 2 N–H and O–H groups in total. The molecule has 24 heavy (non-hydrogen) atoms. The molecule has 0 saturated carbocycles. The molecular formula is C16H12BrFN4OS. The van der Waals surface area contributed by atoms with E-state index in [9.17, 15) is 9.50 Å². The van der Waals surface area contributed by atoms with Crippen molar-refractivity contribution in [3.8, 4) is 5.75 Å². The number of aromatic hydroxyl groups is 1. The minimum atomic E-state index is -0.291. The summed E-state index contributed by atoms with van der Waals surface area (Å²) in [6, 6.07) is 11.2. The summed E-state index contributed by atoms with van der Waals surface area (Å²) >= 11 is 8.53. The largest absolute Gasteiger partial charge is 0.507 e. The fourth-order valence-corrected chi connectivity index (χ4v) is 2.67. The number of benzene rings is 2. The number of phenols is 1. The molecule has 1 aromatic heterocycles. The second-order valence-corrected chi connectivity index (χ2v) is 6.31. The molecule has 0 saturated heterocycles. The highest BCUT2D eigenvalue weighted by atomic mass is 79.9. The Morgan fingerprint density at radius 2 is 2.04 bits per heavy atom. The summed E-state index contributed by atoms with van der Waals surface area (Å²) in [5.74, 6) is 0.398. The molecule has 122 valence electrons. The van der Waals surface area contributed by atoms with Crippen molar-refractivity contribution in [3.05, 3.63) is 74.5 Å². The van der Waals surface area contributed by atoms with Gasteiger partial charge in [0.05, 0.1) is 6.21 Å². The predicted octanol–water partition coefficient (Wildman–Crippen LogP) is 4.02. The summed E-state index contributed by atoms with van der Waals surface area (Å²) in [4.78, 5) is 0. The quantitative estimate of drug-likeness (QED) is 0.507. The van der Waals surface area contributed by atoms with Crippen molar-refractivity contribution < 1.29 is 9.50 Å². The van der Waals surface area contributed by atoms with E-state index in [4.69, 9.17) is 12.2 Å². The van der Waals surface area contributed by atoms with Crippen LogP contribution in [0.3, 0.4) is 0 Å². The first-order valence-corrected chi connectivity index (χ1v) is 8.16. The molecule has 0 aliphatic carbocycles. The highest BCUT2D eigenvalue weighted by Crippen LogP contribution is 2.20. The second-order valence-electron chi connectivity index (χ2n) is 5.01. The van der Waals surface area contributed by atoms with Crippen LogP contribution in [0.1, 0.15) is 17.0 Å². The van der Waals surface area contributed by atoms with Crippen LogP contribution < -0.4 is 0 Å². The van der Waals surface area contributed by atoms with Gasteiger partial charge in [-0.15, -0.1) is 0 Å². The molecule has 0 fully saturated rings. The van der Waals surface area contributed by atoms with Crippen molar-refractivity contribution in [1.29, 1.82) is 0 Å². The predicted molar refractivity (Wildman–Crippen MR) is 95.4 cm³/mol. The van der Waals surface area contributed by atoms with Crippen molar-refractivity contribution in [2.75, 3.05) is 0 Å². The Morgan fingerprint density at radius 1 is 1.29 bits per heavy atom. The first-order chi connectivity index (χ1) is 11.5. The van der Waals surface area contributed by atoms with Crippen LogP contribution >= 0.6 is 28.1 Å². The Bertz CT molecular complexity index is 949. The molecule has 0 aliphatic heterocycles. The summed E-state index contributed by atoms with van der Waals surface area (Å²) in [7, 11) is 0. The Hall–Kier alpha value is -2.32. The molecule has 0 atom stereocenters. The van der Waals surface area contributed by atoms with Gasteiger partial charge in [0.1, 0.15) is 11.6 Å². The zero-order chi connectivity index (χ0) is 17.1. The second kappa shape index (κ2) is 7.06. The molecule has 0 radical (unpaired) electrons. The van der Waals surface area contributed by atoms with E-state index >= 15 is 0 Å². The molecule has 2 aromatic carbocycles. The van der Waals surface area contributed by atoms with Gasteiger partial charge >= 0.3 is 0 Å². The van der Waals surface area contributed by atoms with Gasteiger partial charge < -0.3 is 5.11 Å². The Morgan fingerprint density at radius 3 is 2.79 bits per heavy atom. The number of phenolic OH excluding ortho intramolecular Hbond substituents is 1. The van der Waals surface area contributed by atoms with E-state index in [0.29, 0.717) is 22.6 Å². The first-order valence-electron chi connectivity index (χ1n) is 6.96. The van der Waals surface area contributed by atoms with Gasteiger partial charge in [-0.3, -0.25) is 5.10 Å². The van der Waals surface area contributed by atoms with Gasteiger partial charge in [-0.2, -0.15) is 14.9 Å². The van der Waals surface area contributed by atoms with E-state index in [1.54, 1.807) is 30.3 Å². The van der Waals surface area contributed by atoms with Gasteiger partial charge in [0, 0.05) is 16.5 Å². The fraction of sp³-hybridized carbons (Fsp3) is 0.0625. The number of hydrogen-bond acceptors (Lipinski definition) is 4. The minimum Gasteiger partial charge on any atom is -0.507 e. The molecule has 3 rings (SSSR count). The molecule has 8 heteroatoms. The van der Waals surface area contributed by atoms with E-state index in [-0.39, 0.29) is 11.6 Å². The number of nitrogens with one attached hydrogen (secondary N) is 1. The minimum absolute atomic E-state index is 0.108. The van der Waals surface area contributed by atoms with Crippen LogP contribution in [0.5, 0.6) is 5.75 Å². The Kier molecular flexibility index (Phi) is 4.86. The number of hydrogen-bond donors (Lipinski definition) is 2. The average Bonchev–Trinajstić information content (AvgIpc) is 2.90. The van der Waals surface area contributed by atoms with Crippen LogP contribution in [-0.2, 0) is 6.42 Å². The van der Waals surface area contributed by atoms with Gasteiger partial charge in [-0.1, -0.05) is 28.1 Å². The van der Waals surface area contributed by atoms with Gasteiger partial charge in [0.2, 0.25) is 4.77 Å². The average molecular weight is 407 g/mol. The molecule has 0 amide bonds. The summed E-state index contributed by atoms with van der Waals surface area (Å²) in [5.41, 5.74) is 1.42. The molecule has 0 aliphatic rings. The maximum atomic E-state index is 13.0. The normalized spacial score (nSPS) is 11.2. The van der Waals surface area contributed by atoms with E-state index < -0.39 is 0 Å². The number of rotatable bonds is 4. The summed E-state index contributed by atoms with van der Waals surface area (Å²) in [6.45, 7) is 0. The highest BCUT2D eigenvalue weighted by Gasteiger charge is 2.07. The SMILES string of the molecule is Oc1ccc(Br)cc1/C=N\n1c(Cc2ccc(F)cc2)n[nH]c1=S. The van der Waals surface area contributed by atoms with Crippen molar-refractivity contribution >= 4 is 34.4 Å². The molecule has 0 bridgehead atoms. The maximum absolute atomic E-state index is 13.0. The van der Waals surface area contributed by atoms with Crippen LogP contribution in [0.4, 0.5) is 4.39 Å². The van der Waals surface area contributed by atoms with Crippen molar-refractivity contribution in [3.63, 3.8) is 0 Å². The molecular weight excluding hydrogens is 395 g/mol. The van der Waals surface area contributed by atoms with Gasteiger partial charge in [0.25, 0.3) is 0 Å². The lowest BCUT2D eigenvalue weighted by molar-refractivity contribution is 0.474. The fourth-order valence-electron chi connectivity index (χ4n) is 2.09. The van der Waals surface area contributed by atoms with Gasteiger partial charge in [0.15, 0.2) is 5.82 Å². The third kappa shape index (κ3) is 3.77. The summed E-state index contributed by atoms with van der Waals surface area (Å²) < 4.78 is 15.6. The van der Waals surface area contributed by atoms with E-state index in [2.05, 4.69) is 31.2 Å². The lowest BCUT2D eigenvalue weighted by atomic mass is 10.1. The van der Waals surface area contributed by atoms with Crippen LogP contribution in [0.25, 0.3) is 0 Å². The van der Waals surface area contributed by atoms with Gasteiger partial charge in [-0.05, 0) is 48.1 Å². The van der Waals surface area contributed by atoms with Crippen LogP contribution in [0, 0.1) is 10.6 Å². The maximum Gasteiger partial charge on any atom is 0.216 e. The number of H-pyrrole nitrogens is 1. The molecule has 5 nitrogen and oxygen atoms in total. The molecule has 0 spiro atoms. The van der Waals surface area contributed by atoms with Crippen LogP contribution in [-0.4, -0.2) is 26.2 Å². The standard InChI is InChI=1S/C16H12BrFN4OS/c17-12-3-6-14(23)11(8-12)9-19-22-15(20-21-16(22)24)7-10-1-4-13(18)5-2-10/h1-6,8-9,23H,7H2,(H,21,24)/b19-9-. The van der Waals surface area contributed by atoms with E-state index in [0.717, 1.165) is 10.0 Å². The third-order valence-electron chi connectivity index (χ3n) is 3.29. The van der Waals surface area contributed by atoms with E-state index in [1.807, 2.05) is 0 Å².